The Balaban J connectivity index is -0.0000000180. The van der Waals surface area contributed by atoms with Crippen LogP contribution in [0.3, 0.4) is 0 Å². The molecule has 2 heteroatoms. The van der Waals surface area contributed by atoms with E-state index in [1.807, 2.05) is 0 Å². The maximum Gasteiger partial charge on any atom is 0.136 e. The second-order valence-corrected chi connectivity index (χ2v) is 1.13. The normalized spacial score (nSPS) is 8.73. The fourth-order valence-corrected chi connectivity index (χ4v) is 0.0589. The predicted molar refractivity (Wildman–Crippen MR) is 58.2 cm³/mol. The minimum absolute atomic E-state index is 0. The van der Waals surface area contributed by atoms with Crippen LogP contribution < -0.4 is 5.32 Å². The number of aldehydes is 1. The third-order valence-corrected chi connectivity index (χ3v) is 0.610. The van der Waals surface area contributed by atoms with Crippen LogP contribution >= 0.6 is 0 Å². The highest BCUT2D eigenvalue weighted by Crippen LogP contribution is 1.64. The molecule has 0 heterocycles. The Morgan fingerprint density at radius 1 is 1.27 bits per heavy atom. The van der Waals surface area contributed by atoms with E-state index >= 15 is 0 Å². The van der Waals surface area contributed by atoms with Crippen molar-refractivity contribution in [3.05, 3.63) is 0 Å². The van der Waals surface area contributed by atoms with Gasteiger partial charge in [0.2, 0.25) is 0 Å². The van der Waals surface area contributed by atoms with E-state index in [-0.39, 0.29) is 43.2 Å². The van der Waals surface area contributed by atoms with Crippen LogP contribution in [0.2, 0.25) is 0 Å². The number of nitrogens with one attached hydrogen (secondary N) is 1. The highest BCUT2D eigenvalue weighted by molar-refractivity contribution is 5.56. The van der Waals surface area contributed by atoms with E-state index in [1.54, 1.807) is 14.0 Å². The maximum atomic E-state index is 9.98. The van der Waals surface area contributed by atoms with Gasteiger partial charge in [-0.2, -0.15) is 0 Å². The van der Waals surface area contributed by atoms with Crippen molar-refractivity contribution in [1.82, 2.24) is 5.32 Å². The minimum Gasteiger partial charge on any atom is -0.311 e. The topological polar surface area (TPSA) is 29.1 Å². The van der Waals surface area contributed by atoms with Crippen LogP contribution in [-0.2, 0) is 4.79 Å². The number of hydrogen-bond donors (Lipinski definition) is 1. The molecule has 0 rings (SSSR count). The van der Waals surface area contributed by atoms with Gasteiger partial charge < -0.3 is 10.1 Å². The van der Waals surface area contributed by atoms with E-state index in [0.29, 0.717) is 0 Å². The van der Waals surface area contributed by atoms with Crippen molar-refractivity contribution in [2.45, 2.75) is 50.1 Å². The van der Waals surface area contributed by atoms with E-state index in [4.69, 9.17) is 1.37 Å². The van der Waals surface area contributed by atoms with Gasteiger partial charge in [0, 0.05) is 0 Å². The fourth-order valence-electron chi connectivity index (χ4n) is 0.0589. The lowest BCUT2D eigenvalue weighted by molar-refractivity contribution is -0.109. The lowest BCUT2D eigenvalue weighted by Crippen LogP contribution is -2.21. The maximum absolute atomic E-state index is 9.98. The zero-order valence-corrected chi connectivity index (χ0v) is 3.99. The molecule has 0 saturated heterocycles. The SMILES string of the molecule is C.C.C.C.C.[2H]C(=O)C(C)NC. The van der Waals surface area contributed by atoms with Crippen LogP contribution in [0.4, 0.5) is 0 Å². The monoisotopic (exact) mass is 168 g/mol. The summed E-state index contributed by atoms with van der Waals surface area (Å²) in [5.41, 5.74) is 0. The van der Waals surface area contributed by atoms with Crippen molar-refractivity contribution in [2.75, 3.05) is 7.05 Å². The number of rotatable bonds is 2. The molecule has 0 aliphatic carbocycles. The van der Waals surface area contributed by atoms with Gasteiger partial charge in [0.25, 0.3) is 0 Å². The number of carbonyl (C=O) groups is 1. The summed E-state index contributed by atoms with van der Waals surface area (Å²) in [4.78, 5) is 9.98. The molecule has 1 atom stereocenters. The summed E-state index contributed by atoms with van der Waals surface area (Å²) in [5.74, 6) is 0. The standard InChI is InChI=1S/C4H9NO.5CH4/c1-4(3-6)5-2;;;;;/h3-5H,1-2H3;5*1H4/i3D;;;;;. The molecule has 1 unspecified atom stereocenters. The zero-order valence-electron chi connectivity index (χ0n) is 4.99. The average molecular weight is 168 g/mol. The Labute approximate surface area is 75.8 Å². The summed E-state index contributed by atoms with van der Waals surface area (Å²) >= 11 is 0. The molecular weight excluding hydrogens is 138 g/mol. The summed E-state index contributed by atoms with van der Waals surface area (Å²) in [6, 6.07) is -0.319. The molecule has 0 amide bonds. The molecule has 0 fully saturated rings. The Morgan fingerprint density at radius 3 is 1.55 bits per heavy atom. The van der Waals surface area contributed by atoms with Gasteiger partial charge in [0.05, 0.1) is 6.04 Å². The summed E-state index contributed by atoms with van der Waals surface area (Å²) < 4.78 is 6.48. The first-order valence-electron chi connectivity index (χ1n) is 2.36. The Hall–Kier alpha value is -0.370. The van der Waals surface area contributed by atoms with Crippen LogP contribution in [0.25, 0.3) is 0 Å². The van der Waals surface area contributed by atoms with Gasteiger partial charge in [0.1, 0.15) is 7.63 Å². The molecule has 0 aromatic heterocycles. The molecule has 0 aliphatic rings. The summed E-state index contributed by atoms with van der Waals surface area (Å²) in [6.07, 6.45) is -0.567. The molecule has 0 spiro atoms. The fraction of sp³-hybridized carbons (Fsp3) is 0.889. The average Bonchev–Trinajstić information content (AvgIpc) is 1.65. The van der Waals surface area contributed by atoms with Crippen molar-refractivity contribution in [3.63, 3.8) is 0 Å². The van der Waals surface area contributed by atoms with E-state index in [1.165, 1.54) is 0 Å². The van der Waals surface area contributed by atoms with Crippen molar-refractivity contribution in [2.24, 2.45) is 0 Å². The summed E-state index contributed by atoms with van der Waals surface area (Å²) in [7, 11) is 1.65. The van der Waals surface area contributed by atoms with E-state index in [0.717, 1.165) is 0 Å². The molecule has 0 bridgehead atoms. The van der Waals surface area contributed by atoms with Crippen molar-refractivity contribution >= 4 is 6.26 Å². The molecule has 0 aromatic carbocycles. The molecular formula is C9H29NO. The predicted octanol–water partition coefficient (Wildman–Crippen LogP) is 2.97. The van der Waals surface area contributed by atoms with E-state index in [9.17, 15) is 4.79 Å². The van der Waals surface area contributed by atoms with Crippen molar-refractivity contribution in [3.8, 4) is 0 Å². The Kier molecular flexibility index (Phi) is 94.6. The highest BCUT2D eigenvalue weighted by Gasteiger charge is 1.86. The summed E-state index contributed by atoms with van der Waals surface area (Å²) in [5, 5.41) is 2.63. The quantitative estimate of drug-likeness (QED) is 0.642. The van der Waals surface area contributed by atoms with Crippen LogP contribution in [-0.4, -0.2) is 19.4 Å². The van der Waals surface area contributed by atoms with Gasteiger partial charge in [0.15, 0.2) is 0 Å². The van der Waals surface area contributed by atoms with Gasteiger partial charge in [-0.05, 0) is 14.0 Å². The molecule has 0 aromatic rings. The Morgan fingerprint density at radius 2 is 1.55 bits per heavy atom. The number of carbonyl (C=O) groups excluding carboxylic acids is 1. The molecule has 11 heavy (non-hydrogen) atoms. The Bertz CT molecular complexity index is 76.9. The van der Waals surface area contributed by atoms with Crippen molar-refractivity contribution in [1.29, 1.82) is 0 Å². The minimum atomic E-state index is -0.567. The lowest BCUT2D eigenvalue weighted by Gasteiger charge is -1.94. The number of likely N-dealkylation sites (N-methyl/N-ethyl adjacent to an activating group) is 1. The molecule has 1 N–H and O–H groups in total. The van der Waals surface area contributed by atoms with Crippen molar-refractivity contribution < 1.29 is 6.17 Å². The van der Waals surface area contributed by atoms with Crippen LogP contribution in [0.15, 0.2) is 0 Å². The molecule has 0 aliphatic heterocycles. The molecule has 2 nitrogen and oxygen atoms in total. The van der Waals surface area contributed by atoms with Crippen LogP contribution in [0.5, 0.6) is 0 Å². The van der Waals surface area contributed by atoms with Gasteiger partial charge in [-0.3, -0.25) is 0 Å². The van der Waals surface area contributed by atoms with E-state index < -0.39 is 6.26 Å². The third kappa shape index (κ3) is 42.5. The lowest BCUT2D eigenvalue weighted by atomic mass is 10.4. The second kappa shape index (κ2) is 33.5. The largest absolute Gasteiger partial charge is 0.311 e. The van der Waals surface area contributed by atoms with Crippen LogP contribution in [0, 0.1) is 0 Å². The molecule has 76 valence electrons. The van der Waals surface area contributed by atoms with Gasteiger partial charge >= 0.3 is 0 Å². The highest BCUT2D eigenvalue weighted by atomic mass is 16.1. The third-order valence-electron chi connectivity index (χ3n) is 0.610. The molecule has 0 saturated carbocycles. The second-order valence-electron chi connectivity index (χ2n) is 1.13. The first kappa shape index (κ1) is 31.1. The first-order chi connectivity index (χ1) is 3.18. The summed E-state index contributed by atoms with van der Waals surface area (Å²) in [6.45, 7) is 1.65. The van der Waals surface area contributed by atoms with Gasteiger partial charge in [-0.1, -0.05) is 37.1 Å². The number of hydrogen-bond acceptors (Lipinski definition) is 2. The van der Waals surface area contributed by atoms with Gasteiger partial charge in [-0.15, -0.1) is 0 Å². The van der Waals surface area contributed by atoms with Crippen LogP contribution in [0.1, 0.15) is 45.4 Å². The van der Waals surface area contributed by atoms with Gasteiger partial charge in [-0.25, -0.2) is 0 Å². The zero-order chi connectivity index (χ0) is 5.86. The first-order valence-corrected chi connectivity index (χ1v) is 1.86. The van der Waals surface area contributed by atoms with E-state index in [2.05, 4.69) is 5.32 Å². The molecule has 0 radical (unpaired) electrons. The smallest absolute Gasteiger partial charge is 0.136 e.